The Balaban J connectivity index is 0.000000445. The predicted octanol–water partition coefficient (Wildman–Crippen LogP) is 3.68. The maximum absolute atomic E-state index is 12.9. The van der Waals surface area contributed by atoms with Crippen molar-refractivity contribution in [2.75, 3.05) is 5.73 Å². The van der Waals surface area contributed by atoms with Crippen LogP contribution >= 0.6 is 0 Å². The topological polar surface area (TPSA) is 114 Å². The number of nitrogens with zero attached hydrogens (tertiary/aromatic N) is 1. The number of carboxylic acid groups (broad SMARTS) is 2. The summed E-state index contributed by atoms with van der Waals surface area (Å²) >= 11 is 0. The van der Waals surface area contributed by atoms with E-state index >= 15 is 0 Å². The van der Waals surface area contributed by atoms with Gasteiger partial charge in [-0.15, -0.1) is 0 Å². The Morgan fingerprint density at radius 2 is 1.48 bits per heavy atom. The number of nitrogens with two attached hydrogens (primary N) is 1. The van der Waals surface area contributed by atoms with Crippen molar-refractivity contribution in [1.29, 1.82) is 0 Å². The van der Waals surface area contributed by atoms with Crippen molar-refractivity contribution >= 4 is 17.6 Å². The number of pyridine rings is 1. The summed E-state index contributed by atoms with van der Waals surface area (Å²) in [4.78, 5) is 23.6. The fourth-order valence-electron chi connectivity index (χ4n) is 1.81. The van der Waals surface area contributed by atoms with Crippen LogP contribution in [-0.2, 0) is 11.0 Å². The van der Waals surface area contributed by atoms with E-state index in [1.54, 1.807) is 0 Å². The minimum Gasteiger partial charge on any atom is -0.478 e. The molecule has 1 aromatic carbocycles. The van der Waals surface area contributed by atoms with E-state index in [2.05, 4.69) is 4.98 Å². The molecule has 0 unspecified atom stereocenters. The summed E-state index contributed by atoms with van der Waals surface area (Å²) in [5.41, 5.74) is 3.68. The third-order valence-corrected chi connectivity index (χ3v) is 2.95. The summed E-state index contributed by atoms with van der Waals surface area (Å²) in [5.74, 6) is -4.08. The molecule has 2 rings (SSSR count). The molecule has 2 aromatic rings. The zero-order valence-corrected chi connectivity index (χ0v) is 13.0. The quantitative estimate of drug-likeness (QED) is 0.668. The summed E-state index contributed by atoms with van der Waals surface area (Å²) < 4.78 is 70.6. The van der Waals surface area contributed by atoms with Gasteiger partial charge in [0.15, 0.2) is 0 Å². The highest BCUT2D eigenvalue weighted by Gasteiger charge is 2.38. The average Bonchev–Trinajstić information content (AvgIpc) is 2.53. The standard InChI is InChI=1S/C13H9F3N2O2.C2HF3O2/c14-13(15,16)9-4-2-1-3-7(9)11-10(17)8(12(19)20)5-6-18-11;3-2(4,5)1(6)7/h1-6H,17H2,(H,19,20);(H,6,7). The van der Waals surface area contributed by atoms with Gasteiger partial charge in [-0.2, -0.15) is 26.3 Å². The minimum absolute atomic E-state index is 0.196. The van der Waals surface area contributed by atoms with Crippen molar-refractivity contribution in [2.24, 2.45) is 0 Å². The molecule has 0 spiro atoms. The Kier molecular flexibility index (Phi) is 6.38. The second kappa shape index (κ2) is 7.93. The molecule has 4 N–H and O–H groups in total. The highest BCUT2D eigenvalue weighted by atomic mass is 19.4. The van der Waals surface area contributed by atoms with Crippen LogP contribution < -0.4 is 5.73 Å². The zero-order chi connectivity index (χ0) is 21.0. The molecule has 0 aliphatic carbocycles. The van der Waals surface area contributed by atoms with E-state index in [0.717, 1.165) is 18.3 Å². The second-order valence-electron chi connectivity index (χ2n) is 4.77. The summed E-state index contributed by atoms with van der Waals surface area (Å²) in [6, 6.07) is 5.87. The number of carboxylic acids is 2. The number of aromatic nitrogens is 1. The van der Waals surface area contributed by atoms with Gasteiger partial charge in [0, 0.05) is 11.8 Å². The maximum Gasteiger partial charge on any atom is 0.490 e. The molecule has 0 aliphatic rings. The summed E-state index contributed by atoms with van der Waals surface area (Å²) in [5, 5.41) is 16.1. The van der Waals surface area contributed by atoms with Crippen molar-refractivity contribution in [3.05, 3.63) is 47.7 Å². The molecule has 0 saturated heterocycles. The predicted molar refractivity (Wildman–Crippen MR) is 79.7 cm³/mol. The Labute approximate surface area is 146 Å². The van der Waals surface area contributed by atoms with E-state index in [0.29, 0.717) is 0 Å². The third-order valence-electron chi connectivity index (χ3n) is 2.95. The van der Waals surface area contributed by atoms with Crippen molar-refractivity contribution in [2.45, 2.75) is 12.4 Å². The number of aliphatic carboxylic acids is 1. The molecular formula is C15H10F6N2O4. The lowest BCUT2D eigenvalue weighted by molar-refractivity contribution is -0.192. The molecule has 27 heavy (non-hydrogen) atoms. The molecule has 6 nitrogen and oxygen atoms in total. The van der Waals surface area contributed by atoms with Gasteiger partial charge in [-0.3, -0.25) is 4.98 Å². The van der Waals surface area contributed by atoms with Crippen LogP contribution in [-0.4, -0.2) is 33.3 Å². The molecule has 0 bridgehead atoms. The first kappa shape index (κ1) is 21.7. The number of rotatable bonds is 2. The number of carbonyl (C=O) groups is 2. The van der Waals surface area contributed by atoms with Crippen LogP contribution in [0.3, 0.4) is 0 Å². The van der Waals surface area contributed by atoms with Gasteiger partial charge < -0.3 is 15.9 Å². The van der Waals surface area contributed by atoms with E-state index in [-0.39, 0.29) is 22.5 Å². The molecule has 146 valence electrons. The number of anilines is 1. The van der Waals surface area contributed by atoms with Gasteiger partial charge in [-0.25, -0.2) is 9.59 Å². The monoisotopic (exact) mass is 396 g/mol. The third kappa shape index (κ3) is 5.59. The molecular weight excluding hydrogens is 386 g/mol. The number of hydrogen-bond acceptors (Lipinski definition) is 4. The van der Waals surface area contributed by atoms with Gasteiger partial charge in [0.2, 0.25) is 0 Å². The van der Waals surface area contributed by atoms with Gasteiger partial charge in [0.1, 0.15) is 0 Å². The lowest BCUT2D eigenvalue weighted by atomic mass is 10.0. The largest absolute Gasteiger partial charge is 0.490 e. The van der Waals surface area contributed by atoms with Gasteiger partial charge in [0.05, 0.1) is 22.5 Å². The van der Waals surface area contributed by atoms with E-state index in [1.165, 1.54) is 18.2 Å². The van der Waals surface area contributed by atoms with Crippen LogP contribution in [0.1, 0.15) is 15.9 Å². The average molecular weight is 396 g/mol. The molecule has 12 heteroatoms. The smallest absolute Gasteiger partial charge is 0.478 e. The lowest BCUT2D eigenvalue weighted by Gasteiger charge is -2.14. The highest BCUT2D eigenvalue weighted by Crippen LogP contribution is 2.38. The number of halogens is 6. The first-order valence-electron chi connectivity index (χ1n) is 6.71. The van der Waals surface area contributed by atoms with Crippen molar-refractivity contribution in [1.82, 2.24) is 4.98 Å². The Morgan fingerprint density at radius 3 is 1.93 bits per heavy atom. The summed E-state index contributed by atoms with van der Waals surface area (Å²) in [6.45, 7) is 0. The number of hydrogen-bond donors (Lipinski definition) is 3. The summed E-state index contributed by atoms with van der Waals surface area (Å²) in [6.07, 6.45) is -8.55. The van der Waals surface area contributed by atoms with E-state index in [9.17, 15) is 31.1 Å². The highest BCUT2D eigenvalue weighted by molar-refractivity contribution is 5.97. The number of aromatic carboxylic acids is 1. The Hall–Kier alpha value is -3.31. The molecule has 0 saturated carbocycles. The summed E-state index contributed by atoms with van der Waals surface area (Å²) in [7, 11) is 0. The molecule has 0 aliphatic heterocycles. The SMILES string of the molecule is Nc1c(C(=O)O)ccnc1-c1ccccc1C(F)(F)F.O=C(O)C(F)(F)F. The zero-order valence-electron chi connectivity index (χ0n) is 13.0. The molecule has 0 amide bonds. The van der Waals surface area contributed by atoms with Crippen molar-refractivity contribution < 1.29 is 46.1 Å². The van der Waals surface area contributed by atoms with Crippen LogP contribution in [0.2, 0.25) is 0 Å². The molecule has 0 atom stereocenters. The van der Waals surface area contributed by atoms with Crippen LogP contribution in [0, 0.1) is 0 Å². The van der Waals surface area contributed by atoms with E-state index in [4.69, 9.17) is 20.7 Å². The van der Waals surface area contributed by atoms with Gasteiger partial charge in [0.25, 0.3) is 0 Å². The van der Waals surface area contributed by atoms with Crippen LogP contribution in [0.5, 0.6) is 0 Å². The Bertz CT molecular complexity index is 849. The second-order valence-corrected chi connectivity index (χ2v) is 4.77. The maximum atomic E-state index is 12.9. The van der Waals surface area contributed by atoms with E-state index in [1.807, 2.05) is 0 Å². The number of benzene rings is 1. The van der Waals surface area contributed by atoms with E-state index < -0.39 is 29.9 Å². The lowest BCUT2D eigenvalue weighted by Crippen LogP contribution is -2.21. The van der Waals surface area contributed by atoms with Crippen LogP contribution in [0.4, 0.5) is 32.0 Å². The normalized spacial score (nSPS) is 11.3. The first-order chi connectivity index (χ1) is 12.3. The minimum atomic E-state index is -5.08. The molecule has 0 fully saturated rings. The molecule has 1 heterocycles. The Morgan fingerprint density at radius 1 is 0.963 bits per heavy atom. The fourth-order valence-corrected chi connectivity index (χ4v) is 1.81. The van der Waals surface area contributed by atoms with Gasteiger partial charge in [-0.05, 0) is 12.1 Å². The molecule has 1 aromatic heterocycles. The van der Waals surface area contributed by atoms with Crippen molar-refractivity contribution in [3.8, 4) is 11.3 Å². The fraction of sp³-hybridized carbons (Fsp3) is 0.133. The molecule has 0 radical (unpaired) electrons. The van der Waals surface area contributed by atoms with Crippen LogP contribution in [0.15, 0.2) is 36.5 Å². The van der Waals surface area contributed by atoms with Gasteiger partial charge >= 0.3 is 24.3 Å². The van der Waals surface area contributed by atoms with Crippen LogP contribution in [0.25, 0.3) is 11.3 Å². The first-order valence-corrected chi connectivity index (χ1v) is 6.71. The van der Waals surface area contributed by atoms with Gasteiger partial charge in [-0.1, -0.05) is 18.2 Å². The van der Waals surface area contributed by atoms with Crippen molar-refractivity contribution in [3.63, 3.8) is 0 Å². The number of alkyl halides is 6. The number of nitrogen functional groups attached to an aromatic ring is 1.